The summed E-state index contributed by atoms with van der Waals surface area (Å²) in [6.45, 7) is 2.41. The molecule has 4 rings (SSSR count). The molecule has 2 aromatic rings. The van der Waals surface area contributed by atoms with Crippen molar-refractivity contribution in [3.8, 4) is 22.8 Å². The SMILES string of the molecule is COCCN=c1scc(-c2ccc3c(c2)OCCO3)n1N=C1CCCC1. The molecule has 0 spiro atoms. The van der Waals surface area contributed by atoms with E-state index in [0.29, 0.717) is 26.4 Å². The normalized spacial score (nSPS) is 17.0. The van der Waals surface area contributed by atoms with Gasteiger partial charge >= 0.3 is 0 Å². The van der Waals surface area contributed by atoms with Gasteiger partial charge in [-0.05, 0) is 43.9 Å². The Morgan fingerprint density at radius 3 is 2.77 bits per heavy atom. The molecule has 2 aliphatic rings. The molecule has 6 nitrogen and oxygen atoms in total. The fraction of sp³-hybridized carbons (Fsp3) is 0.474. The summed E-state index contributed by atoms with van der Waals surface area (Å²) in [5.74, 6) is 1.59. The third-order valence-corrected chi connectivity index (χ3v) is 5.34. The predicted octanol–water partition coefficient (Wildman–Crippen LogP) is 3.31. The van der Waals surface area contributed by atoms with Crippen molar-refractivity contribution in [1.82, 2.24) is 4.68 Å². The first-order valence-corrected chi connectivity index (χ1v) is 9.90. The molecule has 1 fully saturated rings. The van der Waals surface area contributed by atoms with Crippen LogP contribution < -0.4 is 14.3 Å². The van der Waals surface area contributed by atoms with E-state index in [1.807, 2.05) is 16.8 Å². The Hall–Kier alpha value is -2.12. The van der Waals surface area contributed by atoms with E-state index in [-0.39, 0.29) is 0 Å². The first kappa shape index (κ1) is 17.3. The van der Waals surface area contributed by atoms with E-state index >= 15 is 0 Å². The maximum Gasteiger partial charge on any atom is 0.206 e. The zero-order valence-corrected chi connectivity index (χ0v) is 15.8. The first-order chi connectivity index (χ1) is 12.8. The molecule has 0 amide bonds. The molecule has 2 heterocycles. The molecule has 0 bridgehead atoms. The van der Waals surface area contributed by atoms with Crippen LogP contribution in [-0.2, 0) is 4.74 Å². The topological polar surface area (TPSA) is 57.3 Å². The Balaban J connectivity index is 1.75. The average molecular weight is 373 g/mol. The highest BCUT2D eigenvalue weighted by Gasteiger charge is 2.16. The Morgan fingerprint density at radius 1 is 1.15 bits per heavy atom. The predicted molar refractivity (Wildman–Crippen MR) is 102 cm³/mol. The number of methoxy groups -OCH3 is 1. The molecule has 1 aromatic carbocycles. The maximum absolute atomic E-state index is 5.74. The van der Waals surface area contributed by atoms with Crippen LogP contribution >= 0.6 is 11.3 Å². The molecule has 26 heavy (non-hydrogen) atoms. The van der Waals surface area contributed by atoms with Gasteiger partial charge < -0.3 is 14.2 Å². The third-order valence-electron chi connectivity index (χ3n) is 4.49. The van der Waals surface area contributed by atoms with Gasteiger partial charge in [0, 0.05) is 23.8 Å². The van der Waals surface area contributed by atoms with E-state index in [1.54, 1.807) is 18.4 Å². The van der Waals surface area contributed by atoms with Crippen LogP contribution in [0, 0.1) is 0 Å². The van der Waals surface area contributed by atoms with Crippen molar-refractivity contribution >= 4 is 17.0 Å². The van der Waals surface area contributed by atoms with Crippen LogP contribution in [0.4, 0.5) is 0 Å². The molecule has 7 heteroatoms. The molecule has 0 atom stereocenters. The van der Waals surface area contributed by atoms with Crippen LogP contribution in [0.15, 0.2) is 33.7 Å². The molecule has 1 saturated carbocycles. The quantitative estimate of drug-likeness (QED) is 0.756. The van der Waals surface area contributed by atoms with Gasteiger partial charge in [-0.15, -0.1) is 11.3 Å². The van der Waals surface area contributed by atoms with Crippen molar-refractivity contribution in [2.45, 2.75) is 25.7 Å². The van der Waals surface area contributed by atoms with E-state index in [2.05, 4.69) is 16.4 Å². The molecule has 0 N–H and O–H groups in total. The Kier molecular flexibility index (Phi) is 5.36. The van der Waals surface area contributed by atoms with Gasteiger partial charge in [-0.25, -0.2) is 4.68 Å². The van der Waals surface area contributed by atoms with Gasteiger partial charge in [0.2, 0.25) is 4.80 Å². The number of rotatable bonds is 5. The summed E-state index contributed by atoms with van der Waals surface area (Å²) in [5.41, 5.74) is 3.33. The van der Waals surface area contributed by atoms with Gasteiger partial charge in [-0.3, -0.25) is 4.99 Å². The van der Waals surface area contributed by atoms with E-state index in [9.17, 15) is 0 Å². The van der Waals surface area contributed by atoms with Crippen molar-refractivity contribution in [3.63, 3.8) is 0 Å². The molecule has 0 saturated heterocycles. The molecular weight excluding hydrogens is 350 g/mol. The molecule has 1 aliphatic carbocycles. The third kappa shape index (κ3) is 3.68. The molecule has 138 valence electrons. The van der Waals surface area contributed by atoms with Crippen molar-refractivity contribution in [2.24, 2.45) is 10.1 Å². The van der Waals surface area contributed by atoms with Gasteiger partial charge in [0.1, 0.15) is 13.2 Å². The molecular formula is C19H23N3O3S. The zero-order chi connectivity index (χ0) is 17.8. The second-order valence-electron chi connectivity index (χ2n) is 6.32. The van der Waals surface area contributed by atoms with Gasteiger partial charge in [0.25, 0.3) is 0 Å². The minimum atomic E-state index is 0.583. The number of aromatic nitrogens is 1. The van der Waals surface area contributed by atoms with Gasteiger partial charge in [0.15, 0.2) is 11.5 Å². The lowest BCUT2D eigenvalue weighted by Crippen LogP contribution is -2.16. The fourth-order valence-electron chi connectivity index (χ4n) is 3.16. The monoisotopic (exact) mass is 373 g/mol. The lowest BCUT2D eigenvalue weighted by molar-refractivity contribution is 0.171. The van der Waals surface area contributed by atoms with Crippen molar-refractivity contribution in [2.75, 3.05) is 33.5 Å². The average Bonchev–Trinajstić information content (AvgIpc) is 3.32. The molecule has 1 aromatic heterocycles. The summed E-state index contributed by atoms with van der Waals surface area (Å²) in [6.07, 6.45) is 4.58. The smallest absolute Gasteiger partial charge is 0.206 e. The lowest BCUT2D eigenvalue weighted by Gasteiger charge is -2.18. The molecule has 0 unspecified atom stereocenters. The number of hydrogen-bond donors (Lipinski definition) is 0. The summed E-state index contributed by atoms with van der Waals surface area (Å²) in [5, 5.41) is 7.03. The van der Waals surface area contributed by atoms with Gasteiger partial charge in [-0.1, -0.05) is 0 Å². The van der Waals surface area contributed by atoms with Crippen molar-refractivity contribution in [3.05, 3.63) is 28.4 Å². The zero-order valence-electron chi connectivity index (χ0n) is 14.9. The number of fused-ring (bicyclic) bond motifs is 1. The summed E-state index contributed by atoms with van der Waals surface area (Å²) >= 11 is 1.60. The minimum Gasteiger partial charge on any atom is -0.486 e. The number of benzene rings is 1. The summed E-state index contributed by atoms with van der Waals surface area (Å²) in [4.78, 5) is 5.56. The highest BCUT2D eigenvalue weighted by molar-refractivity contribution is 7.07. The van der Waals surface area contributed by atoms with Gasteiger partial charge in [-0.2, -0.15) is 5.10 Å². The first-order valence-electron chi connectivity index (χ1n) is 9.02. The molecule has 1 aliphatic heterocycles. The van der Waals surface area contributed by atoms with E-state index < -0.39 is 0 Å². The number of ether oxygens (including phenoxy) is 3. The fourth-order valence-corrected chi connectivity index (χ4v) is 4.02. The highest BCUT2D eigenvalue weighted by atomic mass is 32.1. The van der Waals surface area contributed by atoms with Gasteiger partial charge in [0.05, 0.1) is 18.8 Å². The largest absolute Gasteiger partial charge is 0.486 e. The summed E-state index contributed by atoms with van der Waals surface area (Å²) in [7, 11) is 1.69. The second kappa shape index (κ2) is 8.05. The van der Waals surface area contributed by atoms with E-state index in [0.717, 1.165) is 40.4 Å². The van der Waals surface area contributed by atoms with Crippen molar-refractivity contribution < 1.29 is 14.2 Å². The van der Waals surface area contributed by atoms with E-state index in [4.69, 9.17) is 19.3 Å². The van der Waals surface area contributed by atoms with Crippen LogP contribution in [0.25, 0.3) is 11.3 Å². The van der Waals surface area contributed by atoms with Crippen LogP contribution in [0.2, 0.25) is 0 Å². The maximum atomic E-state index is 5.74. The van der Waals surface area contributed by atoms with E-state index in [1.165, 1.54) is 18.6 Å². The van der Waals surface area contributed by atoms with Crippen LogP contribution in [0.5, 0.6) is 11.5 Å². The Bertz CT molecular complexity index is 861. The van der Waals surface area contributed by atoms with Crippen LogP contribution in [0.1, 0.15) is 25.7 Å². The van der Waals surface area contributed by atoms with Crippen molar-refractivity contribution in [1.29, 1.82) is 0 Å². The summed E-state index contributed by atoms with van der Waals surface area (Å²) in [6, 6.07) is 6.05. The summed E-state index contributed by atoms with van der Waals surface area (Å²) < 4.78 is 18.5. The van der Waals surface area contributed by atoms with Crippen LogP contribution in [0.3, 0.4) is 0 Å². The molecule has 0 radical (unpaired) electrons. The lowest BCUT2D eigenvalue weighted by atomic mass is 10.1. The Morgan fingerprint density at radius 2 is 1.96 bits per heavy atom. The number of hydrogen-bond acceptors (Lipinski definition) is 6. The number of thiazole rings is 1. The standard InChI is InChI=1S/C19H23N3O3S/c1-23-9-8-20-19-22(21-15-4-2-3-5-15)16(13-26-19)14-6-7-17-18(12-14)25-11-10-24-17/h6-7,12-13H,2-5,8-11H2,1H3. The Labute approximate surface area is 156 Å². The highest BCUT2D eigenvalue weighted by Crippen LogP contribution is 2.34. The number of nitrogens with zero attached hydrogens (tertiary/aromatic N) is 3. The second-order valence-corrected chi connectivity index (χ2v) is 7.16. The minimum absolute atomic E-state index is 0.583. The van der Waals surface area contributed by atoms with Crippen LogP contribution in [-0.4, -0.2) is 43.9 Å².